The summed E-state index contributed by atoms with van der Waals surface area (Å²) in [5.74, 6) is 2.25. The Labute approximate surface area is 163 Å². The highest BCUT2D eigenvalue weighted by atomic mass is 19.1. The predicted octanol–water partition coefficient (Wildman–Crippen LogP) is 6.70. The molecular weight excluding hydrogens is 339 g/mol. The number of carbonyl (C=O) groups is 1. The molecule has 0 bridgehead atoms. The van der Waals surface area contributed by atoms with Crippen molar-refractivity contribution in [1.82, 2.24) is 0 Å². The number of hydrogen-bond donors (Lipinski definition) is 0. The number of benzene rings is 1. The van der Waals surface area contributed by atoms with Crippen LogP contribution in [0, 0.1) is 29.5 Å². The molecule has 0 unspecified atom stereocenters. The van der Waals surface area contributed by atoms with Crippen LogP contribution in [-0.2, 0) is 4.79 Å². The molecule has 0 spiro atoms. The Morgan fingerprint density at radius 1 is 0.963 bits per heavy atom. The van der Waals surface area contributed by atoms with Gasteiger partial charge in [-0.05, 0) is 93.4 Å². The minimum Gasteiger partial charge on any atom is -0.426 e. The van der Waals surface area contributed by atoms with Crippen LogP contribution in [0.5, 0.6) is 5.75 Å². The third-order valence-electron chi connectivity index (χ3n) is 6.38. The summed E-state index contributed by atoms with van der Waals surface area (Å²) in [7, 11) is 0. The lowest BCUT2D eigenvalue weighted by molar-refractivity contribution is -0.140. The zero-order chi connectivity index (χ0) is 19.1. The molecule has 0 N–H and O–H groups in total. The first-order valence-electron chi connectivity index (χ1n) is 10.8. The van der Waals surface area contributed by atoms with Gasteiger partial charge in [0.05, 0.1) is 5.92 Å². The molecule has 1 aromatic rings. The molecule has 2 saturated carbocycles. The summed E-state index contributed by atoms with van der Waals surface area (Å²) in [5.41, 5.74) is 0. The van der Waals surface area contributed by atoms with E-state index in [2.05, 4.69) is 19.1 Å². The maximum absolute atomic E-state index is 12.9. The monoisotopic (exact) mass is 372 g/mol. The first-order chi connectivity index (χ1) is 13.1. The molecule has 0 aromatic heterocycles. The Bertz CT molecular complexity index is 606. The third kappa shape index (κ3) is 6.19. The third-order valence-corrected chi connectivity index (χ3v) is 6.38. The van der Waals surface area contributed by atoms with Crippen molar-refractivity contribution in [3.8, 4) is 5.75 Å². The van der Waals surface area contributed by atoms with Gasteiger partial charge >= 0.3 is 5.97 Å². The summed E-state index contributed by atoms with van der Waals surface area (Å²) in [6.45, 7) is 2.29. The maximum atomic E-state index is 12.9. The van der Waals surface area contributed by atoms with Crippen molar-refractivity contribution in [2.24, 2.45) is 23.7 Å². The van der Waals surface area contributed by atoms with Gasteiger partial charge in [0.25, 0.3) is 0 Å². The van der Waals surface area contributed by atoms with Gasteiger partial charge in [0.1, 0.15) is 11.6 Å². The van der Waals surface area contributed by atoms with Crippen LogP contribution in [-0.4, -0.2) is 5.97 Å². The summed E-state index contributed by atoms with van der Waals surface area (Å²) in [6, 6.07) is 5.66. The van der Waals surface area contributed by atoms with Crippen molar-refractivity contribution in [2.45, 2.75) is 71.1 Å². The average molecular weight is 373 g/mol. The van der Waals surface area contributed by atoms with Gasteiger partial charge in [0.15, 0.2) is 0 Å². The Morgan fingerprint density at radius 3 is 2.07 bits per heavy atom. The van der Waals surface area contributed by atoms with Crippen molar-refractivity contribution in [3.05, 3.63) is 42.2 Å². The molecule has 3 heteroatoms. The molecule has 2 fully saturated rings. The largest absolute Gasteiger partial charge is 0.426 e. The van der Waals surface area contributed by atoms with Crippen LogP contribution in [0.15, 0.2) is 36.4 Å². The predicted molar refractivity (Wildman–Crippen MR) is 107 cm³/mol. The SMILES string of the molecule is CCCC1CCC(C=CC2CCC(C(=O)Oc3ccc(F)cc3)CC2)CC1. The van der Waals surface area contributed by atoms with Crippen molar-refractivity contribution in [2.75, 3.05) is 0 Å². The van der Waals surface area contributed by atoms with E-state index in [0.29, 0.717) is 11.7 Å². The number of halogens is 1. The topological polar surface area (TPSA) is 26.3 Å². The van der Waals surface area contributed by atoms with E-state index in [9.17, 15) is 9.18 Å². The Kier molecular flexibility index (Phi) is 7.49. The number of ether oxygens (including phenoxy) is 1. The van der Waals surface area contributed by atoms with Crippen LogP contribution in [0.2, 0.25) is 0 Å². The van der Waals surface area contributed by atoms with E-state index in [-0.39, 0.29) is 17.7 Å². The summed E-state index contributed by atoms with van der Waals surface area (Å²) in [6.07, 6.45) is 17.0. The lowest BCUT2D eigenvalue weighted by Gasteiger charge is -2.28. The van der Waals surface area contributed by atoms with Crippen molar-refractivity contribution in [1.29, 1.82) is 0 Å². The average Bonchev–Trinajstić information content (AvgIpc) is 2.70. The molecule has 0 aliphatic heterocycles. The molecule has 2 aliphatic carbocycles. The van der Waals surface area contributed by atoms with Crippen LogP contribution in [0.3, 0.4) is 0 Å². The van der Waals surface area contributed by atoms with E-state index in [1.165, 1.54) is 62.8 Å². The molecular formula is C24H33FO2. The maximum Gasteiger partial charge on any atom is 0.314 e. The normalized spacial score (nSPS) is 29.0. The van der Waals surface area contributed by atoms with Gasteiger partial charge in [0.2, 0.25) is 0 Å². The molecule has 0 radical (unpaired) electrons. The quantitative estimate of drug-likeness (QED) is 0.315. The molecule has 1 aromatic carbocycles. The van der Waals surface area contributed by atoms with Crippen LogP contribution >= 0.6 is 0 Å². The molecule has 27 heavy (non-hydrogen) atoms. The number of hydrogen-bond acceptors (Lipinski definition) is 2. The van der Waals surface area contributed by atoms with Crippen LogP contribution in [0.25, 0.3) is 0 Å². The Balaban J connectivity index is 1.38. The van der Waals surface area contributed by atoms with Gasteiger partial charge in [-0.15, -0.1) is 0 Å². The first-order valence-corrected chi connectivity index (χ1v) is 10.8. The summed E-state index contributed by atoms with van der Waals surface area (Å²) in [4.78, 5) is 12.3. The van der Waals surface area contributed by atoms with E-state index < -0.39 is 0 Å². The molecule has 2 aliphatic rings. The molecule has 0 saturated heterocycles. The van der Waals surface area contributed by atoms with Crippen LogP contribution < -0.4 is 4.74 Å². The molecule has 0 amide bonds. The van der Waals surface area contributed by atoms with Gasteiger partial charge in [-0.25, -0.2) is 4.39 Å². The fraction of sp³-hybridized carbons (Fsp3) is 0.625. The Hall–Kier alpha value is -1.64. The van der Waals surface area contributed by atoms with E-state index in [4.69, 9.17) is 4.74 Å². The Morgan fingerprint density at radius 2 is 1.52 bits per heavy atom. The number of rotatable bonds is 6. The minimum absolute atomic E-state index is 0.0239. The highest BCUT2D eigenvalue weighted by molar-refractivity contribution is 5.75. The molecule has 148 valence electrons. The highest BCUT2D eigenvalue weighted by Crippen LogP contribution is 2.34. The number of allylic oxidation sites excluding steroid dienone is 2. The van der Waals surface area contributed by atoms with Crippen molar-refractivity contribution >= 4 is 5.97 Å². The zero-order valence-electron chi connectivity index (χ0n) is 16.5. The molecule has 0 heterocycles. The second-order valence-electron chi connectivity index (χ2n) is 8.44. The zero-order valence-corrected chi connectivity index (χ0v) is 16.5. The molecule has 3 rings (SSSR count). The lowest BCUT2D eigenvalue weighted by Crippen LogP contribution is -2.25. The van der Waals surface area contributed by atoms with E-state index >= 15 is 0 Å². The first kappa shape index (κ1) is 20.1. The van der Waals surface area contributed by atoms with Crippen molar-refractivity contribution < 1.29 is 13.9 Å². The fourth-order valence-corrected chi connectivity index (χ4v) is 4.64. The second kappa shape index (κ2) is 10.1. The van der Waals surface area contributed by atoms with E-state index in [1.807, 2.05) is 0 Å². The second-order valence-corrected chi connectivity index (χ2v) is 8.44. The molecule has 0 atom stereocenters. The minimum atomic E-state index is -0.319. The smallest absolute Gasteiger partial charge is 0.314 e. The highest BCUT2D eigenvalue weighted by Gasteiger charge is 2.27. The van der Waals surface area contributed by atoms with E-state index in [0.717, 1.165) is 37.5 Å². The van der Waals surface area contributed by atoms with Gasteiger partial charge in [0, 0.05) is 0 Å². The van der Waals surface area contributed by atoms with Gasteiger partial charge in [-0.1, -0.05) is 31.9 Å². The summed E-state index contributed by atoms with van der Waals surface area (Å²) < 4.78 is 18.3. The van der Waals surface area contributed by atoms with E-state index in [1.54, 1.807) is 0 Å². The number of carbonyl (C=O) groups excluding carboxylic acids is 1. The van der Waals surface area contributed by atoms with Crippen molar-refractivity contribution in [3.63, 3.8) is 0 Å². The summed E-state index contributed by atoms with van der Waals surface area (Å²) in [5, 5.41) is 0. The lowest BCUT2D eigenvalue weighted by atomic mass is 9.78. The van der Waals surface area contributed by atoms with Gasteiger partial charge in [-0.3, -0.25) is 4.79 Å². The standard InChI is InChI=1S/C24H33FO2/c1-2-3-18-4-6-19(7-5-18)8-9-20-10-12-21(13-11-20)24(26)27-23-16-14-22(25)15-17-23/h8-9,14-21H,2-7,10-13H2,1H3. The number of esters is 1. The van der Waals surface area contributed by atoms with Crippen LogP contribution in [0.1, 0.15) is 71.1 Å². The van der Waals surface area contributed by atoms with Gasteiger partial charge in [-0.2, -0.15) is 0 Å². The molecule has 2 nitrogen and oxygen atoms in total. The summed E-state index contributed by atoms with van der Waals surface area (Å²) >= 11 is 0. The van der Waals surface area contributed by atoms with Gasteiger partial charge < -0.3 is 4.74 Å². The fourth-order valence-electron chi connectivity index (χ4n) is 4.64. The van der Waals surface area contributed by atoms with Crippen LogP contribution in [0.4, 0.5) is 4.39 Å².